The number of benzene rings is 1. The van der Waals surface area contributed by atoms with Crippen LogP contribution in [0.3, 0.4) is 0 Å². The number of nitrogens with one attached hydrogen (secondary N) is 1. The average molecular weight is 310 g/mol. The van der Waals surface area contributed by atoms with Crippen molar-refractivity contribution < 1.29 is 9.90 Å². The van der Waals surface area contributed by atoms with E-state index in [-0.39, 0.29) is 12.5 Å². The van der Waals surface area contributed by atoms with Gasteiger partial charge in [0.05, 0.1) is 11.6 Å². The van der Waals surface area contributed by atoms with Gasteiger partial charge in [-0.2, -0.15) is 0 Å². The summed E-state index contributed by atoms with van der Waals surface area (Å²) in [6, 6.07) is 7.42. The molecule has 20 heavy (non-hydrogen) atoms. The van der Waals surface area contributed by atoms with Crippen LogP contribution in [-0.4, -0.2) is 11.0 Å². The summed E-state index contributed by atoms with van der Waals surface area (Å²) >= 11 is 7.41. The van der Waals surface area contributed by atoms with Crippen LogP contribution in [-0.2, 0) is 17.8 Å². The highest BCUT2D eigenvalue weighted by Gasteiger charge is 2.07. The highest BCUT2D eigenvalue weighted by atomic mass is 35.5. The molecule has 0 atom stereocenters. The van der Waals surface area contributed by atoms with E-state index < -0.39 is 0 Å². The van der Waals surface area contributed by atoms with E-state index >= 15 is 0 Å². The summed E-state index contributed by atoms with van der Waals surface area (Å²) in [5, 5.41) is 14.6. The number of thiophene rings is 1. The summed E-state index contributed by atoms with van der Waals surface area (Å²) in [7, 11) is 0. The first-order chi connectivity index (χ1) is 9.58. The summed E-state index contributed by atoms with van der Waals surface area (Å²) in [5.74, 6) is -0.0345. The van der Waals surface area contributed by atoms with Crippen LogP contribution >= 0.6 is 22.9 Å². The molecule has 0 unspecified atom stereocenters. The molecule has 1 aromatic carbocycles. The number of halogens is 1. The van der Waals surface area contributed by atoms with Gasteiger partial charge in [-0.1, -0.05) is 23.7 Å². The van der Waals surface area contributed by atoms with Gasteiger partial charge in [0.1, 0.15) is 0 Å². The van der Waals surface area contributed by atoms with E-state index in [9.17, 15) is 4.79 Å². The molecular formula is C15H16ClNO2S. The maximum atomic E-state index is 11.9. The van der Waals surface area contributed by atoms with Gasteiger partial charge in [-0.15, -0.1) is 11.3 Å². The Morgan fingerprint density at radius 3 is 2.85 bits per heavy atom. The first kappa shape index (κ1) is 15.0. The first-order valence-corrected chi connectivity index (χ1v) is 7.57. The van der Waals surface area contributed by atoms with Crippen molar-refractivity contribution in [3.8, 4) is 0 Å². The molecule has 0 saturated heterocycles. The normalized spacial score (nSPS) is 10.6. The predicted molar refractivity (Wildman–Crippen MR) is 83.4 cm³/mol. The number of hydrogen-bond acceptors (Lipinski definition) is 3. The lowest BCUT2D eigenvalue weighted by molar-refractivity contribution is -0.116. The van der Waals surface area contributed by atoms with Gasteiger partial charge in [0.25, 0.3) is 0 Å². The van der Waals surface area contributed by atoms with Gasteiger partial charge in [0.2, 0.25) is 5.91 Å². The fourth-order valence-corrected chi connectivity index (χ4v) is 2.91. The van der Waals surface area contributed by atoms with Crippen LogP contribution in [0, 0.1) is 6.92 Å². The molecule has 0 spiro atoms. The number of anilines is 1. The molecule has 0 aliphatic heterocycles. The minimum Gasteiger partial charge on any atom is -0.392 e. The number of carbonyl (C=O) groups excluding carboxylic acids is 1. The van der Waals surface area contributed by atoms with Gasteiger partial charge < -0.3 is 10.4 Å². The topological polar surface area (TPSA) is 49.3 Å². The summed E-state index contributed by atoms with van der Waals surface area (Å²) in [5.41, 5.74) is 2.52. The Morgan fingerprint density at radius 2 is 2.20 bits per heavy atom. The van der Waals surface area contributed by atoms with E-state index in [1.165, 1.54) is 0 Å². The molecule has 1 amide bonds. The number of aliphatic hydroxyl groups excluding tert-OH is 1. The van der Waals surface area contributed by atoms with Crippen molar-refractivity contribution in [2.75, 3.05) is 5.32 Å². The summed E-state index contributed by atoms with van der Waals surface area (Å²) < 4.78 is 0. The van der Waals surface area contributed by atoms with Gasteiger partial charge in [-0.25, -0.2) is 0 Å². The zero-order valence-corrected chi connectivity index (χ0v) is 12.7. The van der Waals surface area contributed by atoms with Gasteiger partial charge in [-0.3, -0.25) is 4.79 Å². The quantitative estimate of drug-likeness (QED) is 0.883. The highest BCUT2D eigenvalue weighted by Crippen LogP contribution is 2.21. The second-order valence-corrected chi connectivity index (χ2v) is 6.02. The van der Waals surface area contributed by atoms with Gasteiger partial charge in [0.15, 0.2) is 0 Å². The minimum atomic E-state index is -0.0345. The lowest BCUT2D eigenvalue weighted by Gasteiger charge is -2.09. The molecule has 0 radical (unpaired) electrons. The van der Waals surface area contributed by atoms with Crippen LogP contribution in [0.4, 0.5) is 5.69 Å². The Balaban J connectivity index is 1.94. The van der Waals surface area contributed by atoms with Crippen molar-refractivity contribution in [3.05, 3.63) is 50.7 Å². The molecule has 0 saturated carbocycles. The maximum absolute atomic E-state index is 11.9. The Labute approximate surface area is 127 Å². The number of aliphatic hydroxyl groups is 1. The molecule has 2 aromatic rings. The minimum absolute atomic E-state index is 0.0309. The van der Waals surface area contributed by atoms with Crippen LogP contribution in [0.1, 0.15) is 22.4 Å². The number of hydrogen-bond donors (Lipinski definition) is 2. The predicted octanol–water partition coefficient (Wildman–Crippen LogP) is 3.77. The highest BCUT2D eigenvalue weighted by molar-refractivity contribution is 7.10. The van der Waals surface area contributed by atoms with E-state index in [0.717, 1.165) is 26.7 Å². The molecule has 5 heteroatoms. The zero-order valence-electron chi connectivity index (χ0n) is 11.1. The smallest absolute Gasteiger partial charge is 0.224 e. The maximum Gasteiger partial charge on any atom is 0.224 e. The third-order valence-electron chi connectivity index (χ3n) is 2.98. The molecule has 0 fully saturated rings. The Morgan fingerprint density at radius 1 is 1.40 bits per heavy atom. The summed E-state index contributed by atoms with van der Waals surface area (Å²) in [6.45, 7) is 1.90. The number of aryl methyl sites for hydroxylation is 2. The lowest BCUT2D eigenvalue weighted by atomic mass is 10.1. The van der Waals surface area contributed by atoms with Crippen LogP contribution in [0.5, 0.6) is 0 Å². The van der Waals surface area contributed by atoms with Crippen molar-refractivity contribution in [2.45, 2.75) is 26.4 Å². The van der Waals surface area contributed by atoms with Crippen molar-refractivity contribution >= 4 is 34.5 Å². The third-order valence-corrected chi connectivity index (χ3v) is 4.32. The molecule has 1 heterocycles. The number of amides is 1. The van der Waals surface area contributed by atoms with Crippen LogP contribution in [0.15, 0.2) is 29.6 Å². The van der Waals surface area contributed by atoms with E-state index in [0.29, 0.717) is 12.8 Å². The van der Waals surface area contributed by atoms with Crippen LogP contribution in [0.2, 0.25) is 5.02 Å². The molecular weight excluding hydrogens is 294 g/mol. The zero-order chi connectivity index (χ0) is 14.5. The van der Waals surface area contributed by atoms with E-state index in [4.69, 9.17) is 16.7 Å². The average Bonchev–Trinajstić information content (AvgIpc) is 2.85. The van der Waals surface area contributed by atoms with Crippen LogP contribution in [0.25, 0.3) is 0 Å². The standard InChI is InChI=1S/C15H16ClNO2S/c1-10-2-3-11(8-18)6-14(10)17-15(19)5-4-13-7-12(16)9-20-13/h2-3,6-7,9,18H,4-5,8H2,1H3,(H,17,19). The first-order valence-electron chi connectivity index (χ1n) is 6.31. The Kier molecular flexibility index (Phi) is 5.17. The van der Waals surface area contributed by atoms with Gasteiger partial charge in [-0.05, 0) is 36.6 Å². The number of rotatable bonds is 5. The molecule has 1 aromatic heterocycles. The summed E-state index contributed by atoms with van der Waals surface area (Å²) in [4.78, 5) is 13.0. The molecule has 0 bridgehead atoms. The molecule has 0 aliphatic rings. The van der Waals surface area contributed by atoms with E-state index in [1.54, 1.807) is 17.4 Å². The van der Waals surface area contributed by atoms with Gasteiger partial charge in [0, 0.05) is 22.4 Å². The monoisotopic (exact) mass is 309 g/mol. The largest absolute Gasteiger partial charge is 0.392 e. The number of carbonyl (C=O) groups is 1. The fourth-order valence-electron chi connectivity index (χ4n) is 1.84. The second kappa shape index (κ2) is 6.88. The van der Waals surface area contributed by atoms with Crippen molar-refractivity contribution in [3.63, 3.8) is 0 Å². The van der Waals surface area contributed by atoms with Gasteiger partial charge >= 0.3 is 0 Å². The van der Waals surface area contributed by atoms with Crippen molar-refractivity contribution in [1.82, 2.24) is 0 Å². The van der Waals surface area contributed by atoms with Crippen molar-refractivity contribution in [1.29, 1.82) is 0 Å². The van der Waals surface area contributed by atoms with E-state index in [2.05, 4.69) is 5.32 Å². The Hall–Kier alpha value is -1.36. The lowest BCUT2D eigenvalue weighted by Crippen LogP contribution is -2.13. The Bertz CT molecular complexity index is 610. The summed E-state index contributed by atoms with van der Waals surface area (Å²) in [6.07, 6.45) is 1.10. The molecule has 106 valence electrons. The van der Waals surface area contributed by atoms with E-state index in [1.807, 2.05) is 30.5 Å². The third kappa shape index (κ3) is 4.07. The van der Waals surface area contributed by atoms with Crippen molar-refractivity contribution in [2.24, 2.45) is 0 Å². The SMILES string of the molecule is Cc1ccc(CO)cc1NC(=O)CCc1cc(Cl)cs1. The van der Waals surface area contributed by atoms with Crippen LogP contribution < -0.4 is 5.32 Å². The molecule has 0 aliphatic carbocycles. The molecule has 2 rings (SSSR count). The fraction of sp³-hybridized carbons (Fsp3) is 0.267. The molecule has 3 nitrogen and oxygen atoms in total. The molecule has 2 N–H and O–H groups in total. The second-order valence-electron chi connectivity index (χ2n) is 4.59.